The van der Waals surface area contributed by atoms with Gasteiger partial charge in [-0.05, 0) is 5.56 Å². The van der Waals surface area contributed by atoms with Crippen molar-refractivity contribution in [3.8, 4) is 0 Å². The summed E-state index contributed by atoms with van der Waals surface area (Å²) in [5, 5.41) is 4.77. The first-order chi connectivity index (χ1) is 7.68. The van der Waals surface area contributed by atoms with Crippen molar-refractivity contribution in [2.24, 2.45) is 12.8 Å². The lowest BCUT2D eigenvalue weighted by Crippen LogP contribution is -2.15. The summed E-state index contributed by atoms with van der Waals surface area (Å²) in [6, 6.07) is 9.95. The number of nitrogens with zero attached hydrogens (tertiary/aromatic N) is 2. The first-order valence-corrected chi connectivity index (χ1v) is 5.53. The maximum Gasteiger partial charge on any atom is 0.0818 e. The van der Waals surface area contributed by atoms with E-state index in [9.17, 15) is 0 Å². The van der Waals surface area contributed by atoms with E-state index in [1.807, 2.05) is 37.4 Å². The van der Waals surface area contributed by atoms with E-state index in [1.165, 1.54) is 0 Å². The molecule has 2 N–H and O–H groups in total. The third-order valence-electron chi connectivity index (χ3n) is 2.65. The van der Waals surface area contributed by atoms with Crippen molar-refractivity contribution in [1.29, 1.82) is 0 Å². The van der Waals surface area contributed by atoms with E-state index in [4.69, 9.17) is 17.3 Å². The molecule has 4 heteroatoms. The van der Waals surface area contributed by atoms with Crippen LogP contribution in [0.2, 0.25) is 5.02 Å². The van der Waals surface area contributed by atoms with Crippen LogP contribution in [0.4, 0.5) is 0 Å². The molecule has 0 bridgehead atoms. The minimum atomic E-state index is -0.0471. The van der Waals surface area contributed by atoms with Crippen LogP contribution in [0.5, 0.6) is 0 Å². The summed E-state index contributed by atoms with van der Waals surface area (Å²) in [7, 11) is 1.87. The Morgan fingerprint density at radius 2 is 2.06 bits per heavy atom. The van der Waals surface area contributed by atoms with Crippen LogP contribution < -0.4 is 5.73 Å². The number of benzene rings is 1. The van der Waals surface area contributed by atoms with E-state index in [2.05, 4.69) is 5.10 Å². The molecule has 2 rings (SSSR count). The van der Waals surface area contributed by atoms with Crippen molar-refractivity contribution in [3.63, 3.8) is 0 Å². The lowest BCUT2D eigenvalue weighted by Gasteiger charge is -2.12. The highest BCUT2D eigenvalue weighted by atomic mass is 35.5. The van der Waals surface area contributed by atoms with Crippen molar-refractivity contribution in [2.45, 2.75) is 12.5 Å². The predicted molar refractivity (Wildman–Crippen MR) is 65.3 cm³/mol. The van der Waals surface area contributed by atoms with Gasteiger partial charge in [-0.1, -0.05) is 41.9 Å². The van der Waals surface area contributed by atoms with Gasteiger partial charge in [0.2, 0.25) is 0 Å². The van der Waals surface area contributed by atoms with Crippen LogP contribution in [-0.4, -0.2) is 9.78 Å². The highest BCUT2D eigenvalue weighted by Gasteiger charge is 2.12. The molecule has 1 heterocycles. The summed E-state index contributed by atoms with van der Waals surface area (Å²) < 4.78 is 1.77. The largest absolute Gasteiger partial charge is 0.324 e. The number of halogens is 1. The van der Waals surface area contributed by atoms with Gasteiger partial charge in [-0.15, -0.1) is 0 Å². The van der Waals surface area contributed by atoms with Crippen LogP contribution >= 0.6 is 11.6 Å². The van der Waals surface area contributed by atoms with E-state index in [1.54, 1.807) is 10.9 Å². The van der Waals surface area contributed by atoms with E-state index in [-0.39, 0.29) is 6.04 Å². The fourth-order valence-electron chi connectivity index (χ4n) is 1.69. The Bertz CT molecular complexity index is 445. The Labute approximate surface area is 99.8 Å². The maximum absolute atomic E-state index is 6.12. The van der Waals surface area contributed by atoms with E-state index >= 15 is 0 Å². The Balaban J connectivity index is 2.17. The standard InChI is InChI=1S/C12H14ClN3/c1-16-12(10(13)8-15-16)7-11(14)9-5-3-2-4-6-9/h2-6,8,11H,7,14H2,1H3. The third kappa shape index (κ3) is 2.26. The van der Waals surface area contributed by atoms with Gasteiger partial charge in [-0.2, -0.15) is 5.10 Å². The average molecular weight is 236 g/mol. The monoisotopic (exact) mass is 235 g/mol. The summed E-state index contributed by atoms with van der Waals surface area (Å²) >= 11 is 6.04. The number of hydrogen-bond acceptors (Lipinski definition) is 2. The molecule has 3 nitrogen and oxygen atoms in total. The second-order valence-electron chi connectivity index (χ2n) is 3.78. The molecule has 1 atom stereocenters. The minimum absolute atomic E-state index is 0.0471. The SMILES string of the molecule is Cn1ncc(Cl)c1CC(N)c1ccccc1. The fraction of sp³-hybridized carbons (Fsp3) is 0.250. The molecule has 2 aromatic rings. The molecule has 1 aromatic heterocycles. The first-order valence-electron chi connectivity index (χ1n) is 5.15. The van der Waals surface area contributed by atoms with Gasteiger partial charge in [0.1, 0.15) is 0 Å². The van der Waals surface area contributed by atoms with E-state index < -0.39 is 0 Å². The predicted octanol–water partition coefficient (Wildman–Crippen LogP) is 2.32. The molecule has 0 amide bonds. The second kappa shape index (κ2) is 4.68. The molecule has 0 aliphatic heterocycles. The van der Waals surface area contributed by atoms with Gasteiger partial charge in [0.25, 0.3) is 0 Å². The lowest BCUT2D eigenvalue weighted by molar-refractivity contribution is 0.642. The van der Waals surface area contributed by atoms with Crippen molar-refractivity contribution >= 4 is 11.6 Å². The molecule has 16 heavy (non-hydrogen) atoms. The molecule has 0 fully saturated rings. The first kappa shape index (κ1) is 11.2. The molecule has 0 aliphatic rings. The van der Waals surface area contributed by atoms with Gasteiger partial charge >= 0.3 is 0 Å². The average Bonchev–Trinajstić information content (AvgIpc) is 2.62. The summed E-state index contributed by atoms with van der Waals surface area (Å²) in [4.78, 5) is 0. The van der Waals surface area contributed by atoms with Crippen LogP contribution in [-0.2, 0) is 13.5 Å². The molecule has 1 unspecified atom stereocenters. The van der Waals surface area contributed by atoms with Crippen molar-refractivity contribution in [3.05, 3.63) is 52.8 Å². The summed E-state index contributed by atoms with van der Waals surface area (Å²) in [6.45, 7) is 0. The molecule has 0 radical (unpaired) electrons. The Morgan fingerprint density at radius 1 is 1.38 bits per heavy atom. The Kier molecular flexibility index (Phi) is 3.27. The molecule has 0 spiro atoms. The Hall–Kier alpha value is -1.32. The van der Waals surface area contributed by atoms with Gasteiger partial charge in [0.05, 0.1) is 16.9 Å². The molecule has 0 saturated carbocycles. The van der Waals surface area contributed by atoms with Crippen LogP contribution in [0.3, 0.4) is 0 Å². The quantitative estimate of drug-likeness (QED) is 0.887. The number of hydrogen-bond donors (Lipinski definition) is 1. The second-order valence-corrected chi connectivity index (χ2v) is 4.19. The number of rotatable bonds is 3. The van der Waals surface area contributed by atoms with Crippen LogP contribution in [0.25, 0.3) is 0 Å². The number of aromatic nitrogens is 2. The highest BCUT2D eigenvalue weighted by Crippen LogP contribution is 2.21. The molecule has 0 aliphatic carbocycles. The van der Waals surface area contributed by atoms with Gasteiger partial charge < -0.3 is 5.73 Å². The van der Waals surface area contributed by atoms with Gasteiger partial charge in [-0.3, -0.25) is 4.68 Å². The molecule has 84 valence electrons. The van der Waals surface area contributed by atoms with Gasteiger partial charge in [-0.25, -0.2) is 0 Å². The fourth-order valence-corrected chi connectivity index (χ4v) is 1.94. The Morgan fingerprint density at radius 3 is 2.62 bits per heavy atom. The third-order valence-corrected chi connectivity index (χ3v) is 2.97. The lowest BCUT2D eigenvalue weighted by atomic mass is 10.0. The van der Waals surface area contributed by atoms with Crippen LogP contribution in [0, 0.1) is 0 Å². The zero-order valence-corrected chi connectivity index (χ0v) is 9.85. The summed E-state index contributed by atoms with van der Waals surface area (Å²) in [6.07, 6.45) is 2.34. The number of nitrogens with two attached hydrogens (primary N) is 1. The minimum Gasteiger partial charge on any atom is -0.324 e. The molecule has 0 saturated heterocycles. The maximum atomic E-state index is 6.12. The van der Waals surface area contributed by atoms with Crippen molar-refractivity contribution < 1.29 is 0 Å². The molecule has 1 aromatic carbocycles. The zero-order valence-electron chi connectivity index (χ0n) is 9.10. The summed E-state index contributed by atoms with van der Waals surface area (Å²) in [5.41, 5.74) is 8.21. The smallest absolute Gasteiger partial charge is 0.0818 e. The van der Waals surface area contributed by atoms with Crippen LogP contribution in [0.1, 0.15) is 17.3 Å². The zero-order chi connectivity index (χ0) is 11.5. The summed E-state index contributed by atoms with van der Waals surface area (Å²) in [5.74, 6) is 0. The van der Waals surface area contributed by atoms with Gasteiger partial charge in [0.15, 0.2) is 0 Å². The topological polar surface area (TPSA) is 43.8 Å². The van der Waals surface area contributed by atoms with E-state index in [0.29, 0.717) is 11.4 Å². The van der Waals surface area contributed by atoms with Crippen molar-refractivity contribution in [1.82, 2.24) is 9.78 Å². The number of aryl methyl sites for hydroxylation is 1. The molecular formula is C12H14ClN3. The van der Waals surface area contributed by atoms with Gasteiger partial charge in [0, 0.05) is 19.5 Å². The van der Waals surface area contributed by atoms with Crippen LogP contribution in [0.15, 0.2) is 36.5 Å². The van der Waals surface area contributed by atoms with Crippen molar-refractivity contribution in [2.75, 3.05) is 0 Å². The highest BCUT2D eigenvalue weighted by molar-refractivity contribution is 6.31. The molecular weight excluding hydrogens is 222 g/mol. The van der Waals surface area contributed by atoms with E-state index in [0.717, 1.165) is 11.3 Å². The normalized spacial score (nSPS) is 12.7.